The lowest BCUT2D eigenvalue weighted by molar-refractivity contribution is 0.171. The molecule has 0 unspecified atom stereocenters. The zero-order valence-electron chi connectivity index (χ0n) is 10.9. The third-order valence-corrected chi connectivity index (χ3v) is 3.14. The zero-order valence-corrected chi connectivity index (χ0v) is 10.9. The van der Waals surface area contributed by atoms with Gasteiger partial charge in [-0.05, 0) is 17.7 Å². The smallest absolute Gasteiger partial charge is 0.161 e. The van der Waals surface area contributed by atoms with E-state index in [1.807, 2.05) is 29.9 Å². The Hall–Kier alpha value is -2.01. The number of aryl methyl sites for hydroxylation is 1. The van der Waals surface area contributed by atoms with Crippen molar-refractivity contribution in [2.45, 2.75) is 13.1 Å². The van der Waals surface area contributed by atoms with Gasteiger partial charge in [-0.15, -0.1) is 0 Å². The fourth-order valence-corrected chi connectivity index (χ4v) is 2.08. The van der Waals surface area contributed by atoms with Gasteiger partial charge in [-0.2, -0.15) is 0 Å². The molecular formula is C14H17N3O2. The van der Waals surface area contributed by atoms with E-state index in [0.717, 1.165) is 30.4 Å². The van der Waals surface area contributed by atoms with Crippen molar-refractivity contribution in [3.8, 4) is 11.5 Å². The zero-order chi connectivity index (χ0) is 13.1. The highest BCUT2D eigenvalue weighted by atomic mass is 16.6. The van der Waals surface area contributed by atoms with Gasteiger partial charge in [0.1, 0.15) is 19.0 Å². The summed E-state index contributed by atoms with van der Waals surface area (Å²) in [4.78, 5) is 4.27. The Morgan fingerprint density at radius 1 is 1.21 bits per heavy atom. The van der Waals surface area contributed by atoms with Crippen molar-refractivity contribution in [3.05, 3.63) is 42.0 Å². The first kappa shape index (κ1) is 12.0. The number of aromatic nitrogens is 2. The molecule has 2 aromatic rings. The van der Waals surface area contributed by atoms with E-state index in [0.29, 0.717) is 13.2 Å². The summed E-state index contributed by atoms with van der Waals surface area (Å²) >= 11 is 0. The molecule has 1 aromatic heterocycles. The Morgan fingerprint density at radius 3 is 2.84 bits per heavy atom. The second-order valence-electron chi connectivity index (χ2n) is 4.54. The molecule has 0 spiro atoms. The SMILES string of the molecule is Cn1ccnc1CNCc1ccc2c(c1)OCCO2. The van der Waals surface area contributed by atoms with Crippen LogP contribution < -0.4 is 14.8 Å². The number of hydrogen-bond donors (Lipinski definition) is 1. The summed E-state index contributed by atoms with van der Waals surface area (Å²) in [6.07, 6.45) is 3.75. The van der Waals surface area contributed by atoms with Crippen LogP contribution in [0.25, 0.3) is 0 Å². The van der Waals surface area contributed by atoms with Crippen LogP contribution in [-0.2, 0) is 20.1 Å². The summed E-state index contributed by atoms with van der Waals surface area (Å²) < 4.78 is 13.1. The molecule has 0 fully saturated rings. The van der Waals surface area contributed by atoms with Crippen LogP contribution in [0.2, 0.25) is 0 Å². The summed E-state index contributed by atoms with van der Waals surface area (Å²) in [5.41, 5.74) is 1.18. The molecule has 1 aliphatic rings. The summed E-state index contributed by atoms with van der Waals surface area (Å²) in [5, 5.41) is 3.37. The molecule has 0 bridgehead atoms. The third-order valence-electron chi connectivity index (χ3n) is 3.14. The predicted octanol–water partition coefficient (Wildman–Crippen LogP) is 1.48. The number of fused-ring (bicyclic) bond motifs is 1. The van der Waals surface area contributed by atoms with Crippen LogP contribution >= 0.6 is 0 Å². The summed E-state index contributed by atoms with van der Waals surface area (Å²) in [6.45, 7) is 2.78. The van der Waals surface area contributed by atoms with Gasteiger partial charge < -0.3 is 19.4 Å². The molecule has 0 amide bonds. The van der Waals surface area contributed by atoms with Crippen molar-refractivity contribution in [2.75, 3.05) is 13.2 Å². The maximum atomic E-state index is 5.57. The maximum absolute atomic E-state index is 5.57. The number of hydrogen-bond acceptors (Lipinski definition) is 4. The van der Waals surface area contributed by atoms with Gasteiger partial charge in [0.15, 0.2) is 11.5 Å². The second kappa shape index (κ2) is 5.32. The Kier molecular flexibility index (Phi) is 3.37. The lowest BCUT2D eigenvalue weighted by atomic mass is 10.2. The van der Waals surface area contributed by atoms with Crippen LogP contribution in [0.3, 0.4) is 0 Å². The standard InChI is InChI=1S/C14H17N3O2/c1-17-5-4-16-14(17)10-15-9-11-2-3-12-13(8-11)19-7-6-18-12/h2-5,8,15H,6-7,9-10H2,1H3. The monoisotopic (exact) mass is 259 g/mol. The molecule has 0 aliphatic carbocycles. The quantitative estimate of drug-likeness (QED) is 0.903. The summed E-state index contributed by atoms with van der Waals surface area (Å²) in [5.74, 6) is 2.69. The molecule has 1 N–H and O–H groups in total. The predicted molar refractivity (Wildman–Crippen MR) is 71.2 cm³/mol. The van der Waals surface area contributed by atoms with Crippen molar-refractivity contribution >= 4 is 0 Å². The molecule has 1 aromatic carbocycles. The second-order valence-corrected chi connectivity index (χ2v) is 4.54. The number of ether oxygens (including phenoxy) is 2. The Morgan fingerprint density at radius 2 is 2.05 bits per heavy atom. The summed E-state index contributed by atoms with van der Waals surface area (Å²) in [7, 11) is 1.99. The van der Waals surface area contributed by atoms with Gasteiger partial charge in [-0.25, -0.2) is 4.98 Å². The van der Waals surface area contributed by atoms with Crippen molar-refractivity contribution in [1.82, 2.24) is 14.9 Å². The van der Waals surface area contributed by atoms with Crippen LogP contribution in [0.5, 0.6) is 11.5 Å². The Bertz CT molecular complexity index is 566. The van der Waals surface area contributed by atoms with Gasteiger partial charge in [-0.1, -0.05) is 6.07 Å². The Balaban J connectivity index is 1.59. The topological polar surface area (TPSA) is 48.3 Å². The van der Waals surface area contributed by atoms with Crippen molar-refractivity contribution in [1.29, 1.82) is 0 Å². The highest BCUT2D eigenvalue weighted by Crippen LogP contribution is 2.30. The number of benzene rings is 1. The molecule has 0 saturated heterocycles. The molecule has 5 nitrogen and oxygen atoms in total. The molecule has 2 heterocycles. The van der Waals surface area contributed by atoms with E-state index in [1.165, 1.54) is 5.56 Å². The first-order valence-electron chi connectivity index (χ1n) is 6.38. The van der Waals surface area contributed by atoms with E-state index in [-0.39, 0.29) is 0 Å². The van der Waals surface area contributed by atoms with E-state index < -0.39 is 0 Å². The minimum atomic E-state index is 0.622. The van der Waals surface area contributed by atoms with E-state index in [4.69, 9.17) is 9.47 Å². The maximum Gasteiger partial charge on any atom is 0.161 e. The molecule has 0 saturated carbocycles. The Labute approximate surface area is 112 Å². The van der Waals surface area contributed by atoms with Crippen LogP contribution in [0.4, 0.5) is 0 Å². The molecule has 19 heavy (non-hydrogen) atoms. The van der Waals surface area contributed by atoms with E-state index in [2.05, 4.69) is 16.4 Å². The van der Waals surface area contributed by atoms with Crippen molar-refractivity contribution in [3.63, 3.8) is 0 Å². The average Bonchev–Trinajstić information content (AvgIpc) is 2.84. The largest absolute Gasteiger partial charge is 0.486 e. The average molecular weight is 259 g/mol. The van der Waals surface area contributed by atoms with Gasteiger partial charge >= 0.3 is 0 Å². The van der Waals surface area contributed by atoms with Crippen LogP contribution in [0, 0.1) is 0 Å². The minimum absolute atomic E-state index is 0.622. The van der Waals surface area contributed by atoms with E-state index in [9.17, 15) is 0 Å². The molecule has 1 aliphatic heterocycles. The fraction of sp³-hybridized carbons (Fsp3) is 0.357. The van der Waals surface area contributed by atoms with Crippen LogP contribution in [0.15, 0.2) is 30.6 Å². The first-order valence-corrected chi connectivity index (χ1v) is 6.38. The molecule has 3 rings (SSSR count). The number of nitrogens with one attached hydrogen (secondary N) is 1. The number of nitrogens with zero attached hydrogens (tertiary/aromatic N) is 2. The lowest BCUT2D eigenvalue weighted by Gasteiger charge is -2.19. The van der Waals surface area contributed by atoms with E-state index in [1.54, 1.807) is 6.20 Å². The van der Waals surface area contributed by atoms with Crippen LogP contribution in [0.1, 0.15) is 11.4 Å². The highest BCUT2D eigenvalue weighted by molar-refractivity contribution is 5.43. The number of imidazole rings is 1. The molecule has 5 heteroatoms. The summed E-state index contributed by atoms with van der Waals surface area (Å²) in [6, 6.07) is 6.05. The molecule has 100 valence electrons. The molecule has 0 atom stereocenters. The normalized spacial score (nSPS) is 13.5. The fourth-order valence-electron chi connectivity index (χ4n) is 2.08. The number of rotatable bonds is 4. The first-order chi connectivity index (χ1) is 9.33. The van der Waals surface area contributed by atoms with Crippen LogP contribution in [-0.4, -0.2) is 22.8 Å². The molecule has 0 radical (unpaired) electrons. The van der Waals surface area contributed by atoms with Gasteiger partial charge in [-0.3, -0.25) is 0 Å². The van der Waals surface area contributed by atoms with E-state index >= 15 is 0 Å². The van der Waals surface area contributed by atoms with Gasteiger partial charge in [0, 0.05) is 26.0 Å². The lowest BCUT2D eigenvalue weighted by Crippen LogP contribution is -2.17. The van der Waals surface area contributed by atoms with Gasteiger partial charge in [0.05, 0.1) is 6.54 Å². The minimum Gasteiger partial charge on any atom is -0.486 e. The van der Waals surface area contributed by atoms with Crippen molar-refractivity contribution < 1.29 is 9.47 Å². The van der Waals surface area contributed by atoms with Crippen molar-refractivity contribution in [2.24, 2.45) is 7.05 Å². The highest BCUT2D eigenvalue weighted by Gasteiger charge is 2.11. The van der Waals surface area contributed by atoms with Gasteiger partial charge in [0.2, 0.25) is 0 Å². The third kappa shape index (κ3) is 2.71. The molecular weight excluding hydrogens is 242 g/mol. The van der Waals surface area contributed by atoms with Gasteiger partial charge in [0.25, 0.3) is 0 Å².